The van der Waals surface area contributed by atoms with Crippen LogP contribution in [0.1, 0.15) is 45.9 Å². The van der Waals surface area contributed by atoms with Crippen molar-refractivity contribution in [2.45, 2.75) is 25.3 Å². The molecule has 0 spiro atoms. The highest BCUT2D eigenvalue weighted by Crippen LogP contribution is 2.42. The molecular weight excluding hydrogens is 624 g/mol. The summed E-state index contributed by atoms with van der Waals surface area (Å²) in [5.74, 6) is -0.108. The number of rotatable bonds is 7. The number of nitrogens with zero attached hydrogens (tertiary/aromatic N) is 4. The maximum atomic E-state index is 13.1. The molecular formula is C34H31ClN6O6. The van der Waals surface area contributed by atoms with Gasteiger partial charge in [-0.3, -0.25) is 14.2 Å². The van der Waals surface area contributed by atoms with Gasteiger partial charge in [-0.1, -0.05) is 41.9 Å². The second-order valence-electron chi connectivity index (χ2n) is 11.3. The fraction of sp³-hybridized carbons (Fsp3) is 0.265. The first kappa shape index (κ1) is 31.6. The van der Waals surface area contributed by atoms with E-state index in [9.17, 15) is 24.8 Å². The van der Waals surface area contributed by atoms with Crippen LogP contribution in [0.15, 0.2) is 69.7 Å². The van der Waals surface area contributed by atoms with Crippen LogP contribution in [0.4, 0.5) is 5.69 Å². The molecule has 2 aromatic carbocycles. The fourth-order valence-electron chi connectivity index (χ4n) is 6.08. The van der Waals surface area contributed by atoms with Gasteiger partial charge in [0.1, 0.15) is 24.0 Å². The number of carbonyl (C=O) groups excluding carboxylic acids is 1. The van der Waals surface area contributed by atoms with Crippen LogP contribution in [0.3, 0.4) is 0 Å². The van der Waals surface area contributed by atoms with Crippen molar-refractivity contribution in [2.24, 2.45) is 14.1 Å². The zero-order valence-electron chi connectivity index (χ0n) is 25.9. The molecule has 2 aromatic heterocycles. The third-order valence-electron chi connectivity index (χ3n) is 8.47. The van der Waals surface area contributed by atoms with Crippen molar-refractivity contribution in [3.8, 4) is 34.3 Å². The number of aliphatic hydroxyl groups excluding tert-OH is 1. The van der Waals surface area contributed by atoms with Crippen molar-refractivity contribution in [1.29, 1.82) is 5.26 Å². The van der Waals surface area contributed by atoms with Gasteiger partial charge in [0.15, 0.2) is 0 Å². The minimum atomic E-state index is -0.740. The highest BCUT2D eigenvalue weighted by Gasteiger charge is 2.30. The van der Waals surface area contributed by atoms with E-state index >= 15 is 0 Å². The molecule has 0 fully saturated rings. The van der Waals surface area contributed by atoms with Crippen molar-refractivity contribution in [2.75, 3.05) is 25.6 Å². The van der Waals surface area contributed by atoms with E-state index in [2.05, 4.69) is 16.7 Å². The number of ether oxygens (including phenoxy) is 2. The number of carbonyl (C=O) groups is 1. The Kier molecular flexibility index (Phi) is 8.60. The van der Waals surface area contributed by atoms with E-state index in [1.807, 2.05) is 6.07 Å². The first-order chi connectivity index (χ1) is 22.6. The number of halogens is 1. The van der Waals surface area contributed by atoms with Crippen LogP contribution in [0, 0.1) is 11.3 Å². The summed E-state index contributed by atoms with van der Waals surface area (Å²) in [7, 11) is 4.29. The van der Waals surface area contributed by atoms with E-state index in [0.717, 1.165) is 38.8 Å². The number of aryl methyl sites for hydroxylation is 2. The zero-order chi connectivity index (χ0) is 33.4. The third kappa shape index (κ3) is 5.75. The molecule has 1 amide bonds. The molecule has 4 aromatic rings. The number of benzene rings is 2. The van der Waals surface area contributed by atoms with E-state index in [4.69, 9.17) is 26.1 Å². The van der Waals surface area contributed by atoms with Gasteiger partial charge in [-0.15, -0.1) is 0 Å². The zero-order valence-corrected chi connectivity index (χ0v) is 26.6. The number of hydrogen-bond donors (Lipinski definition) is 3. The van der Waals surface area contributed by atoms with E-state index in [0.29, 0.717) is 46.9 Å². The van der Waals surface area contributed by atoms with Crippen molar-refractivity contribution in [3.63, 3.8) is 0 Å². The number of aromatic nitrogens is 3. The summed E-state index contributed by atoms with van der Waals surface area (Å²) in [6.45, 7) is 0.708. The lowest BCUT2D eigenvalue weighted by Crippen LogP contribution is -2.40. The summed E-state index contributed by atoms with van der Waals surface area (Å²) < 4.78 is 13.1. The monoisotopic (exact) mass is 654 g/mol. The molecule has 13 heteroatoms. The lowest BCUT2D eigenvalue weighted by Gasteiger charge is -2.23. The lowest BCUT2D eigenvalue weighted by molar-refractivity contribution is 0.102. The average Bonchev–Trinajstić information content (AvgIpc) is 3.49. The van der Waals surface area contributed by atoms with Crippen molar-refractivity contribution in [1.82, 2.24) is 19.4 Å². The molecule has 3 heterocycles. The SMILES string of the molecule is COc1nc(-c2cccc(-c3cccc(NC(=O)c4cn(C)c(=O)n(C)c4=O)c3Cl)c2C#N)cc2c1[C@@H](NC1=C(O)COCC1)CC2. The molecule has 47 heavy (non-hydrogen) atoms. The molecule has 0 saturated heterocycles. The third-order valence-corrected chi connectivity index (χ3v) is 8.87. The maximum absolute atomic E-state index is 13.1. The molecule has 6 rings (SSSR count). The second kappa shape index (κ2) is 12.8. The Morgan fingerprint density at radius 2 is 1.89 bits per heavy atom. The molecule has 1 aliphatic carbocycles. The summed E-state index contributed by atoms with van der Waals surface area (Å²) in [5.41, 5.74) is 3.85. The van der Waals surface area contributed by atoms with Gasteiger partial charge in [-0.05, 0) is 30.5 Å². The van der Waals surface area contributed by atoms with Gasteiger partial charge in [0.25, 0.3) is 11.5 Å². The van der Waals surface area contributed by atoms with Crippen molar-refractivity contribution >= 4 is 23.2 Å². The summed E-state index contributed by atoms with van der Waals surface area (Å²) in [4.78, 5) is 42.6. The predicted molar refractivity (Wildman–Crippen MR) is 176 cm³/mol. The van der Waals surface area contributed by atoms with Crippen LogP contribution in [0.2, 0.25) is 5.02 Å². The van der Waals surface area contributed by atoms with Crippen LogP contribution in [0.25, 0.3) is 22.4 Å². The van der Waals surface area contributed by atoms with Gasteiger partial charge in [0.2, 0.25) is 5.88 Å². The Morgan fingerprint density at radius 3 is 2.64 bits per heavy atom. The Morgan fingerprint density at radius 1 is 1.15 bits per heavy atom. The number of aliphatic hydroxyl groups is 1. The number of nitriles is 1. The molecule has 2 aliphatic rings. The van der Waals surface area contributed by atoms with Crippen LogP contribution in [-0.2, 0) is 25.3 Å². The molecule has 0 unspecified atom stereocenters. The quantitative estimate of drug-likeness (QED) is 0.263. The molecule has 1 atom stereocenters. The highest BCUT2D eigenvalue weighted by molar-refractivity contribution is 6.36. The van der Waals surface area contributed by atoms with Crippen molar-refractivity contribution < 1.29 is 19.4 Å². The number of nitrogens with one attached hydrogen (secondary N) is 2. The molecule has 12 nitrogen and oxygen atoms in total. The number of anilines is 1. The number of methoxy groups -OCH3 is 1. The van der Waals surface area contributed by atoms with Crippen LogP contribution in [0.5, 0.6) is 5.88 Å². The largest absolute Gasteiger partial charge is 0.508 e. The van der Waals surface area contributed by atoms with Crippen LogP contribution >= 0.6 is 11.6 Å². The lowest BCUT2D eigenvalue weighted by atomic mass is 9.93. The standard InChI is InChI=1S/C34H31ClN6O6/c1-40-16-23(33(44)41(2)34(40)45)31(43)38-26-9-5-8-21(30(26)35)19-6-4-7-20(22(19)15-36)27-14-18-10-11-25(29(18)32(39-27)46-3)37-24-12-13-47-17-28(24)42/h4-9,14,16,25,37,42H,10-13,17H2,1-3H3,(H,38,43)/t25-/m0/s1. The average molecular weight is 655 g/mol. The fourth-order valence-corrected chi connectivity index (χ4v) is 6.36. The van der Waals surface area contributed by atoms with Gasteiger partial charge in [0.05, 0.1) is 47.4 Å². The second-order valence-corrected chi connectivity index (χ2v) is 11.7. The summed E-state index contributed by atoms with van der Waals surface area (Å²) in [5, 5.41) is 27.0. The normalized spacial score (nSPS) is 15.6. The molecule has 0 saturated carbocycles. The van der Waals surface area contributed by atoms with Gasteiger partial charge in [0, 0.05) is 49.0 Å². The summed E-state index contributed by atoms with van der Waals surface area (Å²) in [6, 6.07) is 14.5. The molecule has 0 radical (unpaired) electrons. The summed E-state index contributed by atoms with van der Waals surface area (Å²) >= 11 is 6.83. The number of fused-ring (bicyclic) bond motifs is 1. The maximum Gasteiger partial charge on any atom is 0.330 e. The van der Waals surface area contributed by atoms with Crippen LogP contribution < -0.4 is 26.6 Å². The van der Waals surface area contributed by atoms with Crippen LogP contribution in [-0.4, -0.2) is 45.5 Å². The minimum Gasteiger partial charge on any atom is -0.508 e. The Balaban J connectivity index is 1.36. The Labute approximate surface area is 274 Å². The van der Waals surface area contributed by atoms with E-state index in [-0.39, 0.29) is 34.7 Å². The van der Waals surface area contributed by atoms with Gasteiger partial charge >= 0.3 is 5.69 Å². The topological polar surface area (TPSA) is 160 Å². The number of hydrogen-bond acceptors (Lipinski definition) is 9. The first-order valence-corrected chi connectivity index (χ1v) is 15.2. The molecule has 3 N–H and O–H groups in total. The van der Waals surface area contributed by atoms with Gasteiger partial charge in [-0.2, -0.15) is 5.26 Å². The van der Waals surface area contributed by atoms with E-state index in [1.54, 1.807) is 43.5 Å². The van der Waals surface area contributed by atoms with Crippen molar-refractivity contribution in [3.05, 3.63) is 108 Å². The van der Waals surface area contributed by atoms with E-state index in [1.165, 1.54) is 20.3 Å². The molecule has 1 aliphatic heterocycles. The van der Waals surface area contributed by atoms with Gasteiger partial charge < -0.3 is 29.8 Å². The van der Waals surface area contributed by atoms with E-state index < -0.39 is 17.2 Å². The summed E-state index contributed by atoms with van der Waals surface area (Å²) in [6.07, 6.45) is 3.29. The molecule has 0 bridgehead atoms. The first-order valence-electron chi connectivity index (χ1n) is 14.9. The number of pyridine rings is 1. The molecule has 240 valence electrons. The van der Waals surface area contributed by atoms with Gasteiger partial charge in [-0.25, -0.2) is 9.78 Å². The highest BCUT2D eigenvalue weighted by atomic mass is 35.5. The number of amides is 1. The predicted octanol–water partition coefficient (Wildman–Crippen LogP) is 4.37. The minimum absolute atomic E-state index is 0.101. The smallest absolute Gasteiger partial charge is 0.330 e. The Bertz CT molecular complexity index is 2130. The Hall–Kier alpha value is -5.38.